The van der Waals surface area contributed by atoms with Crippen LogP contribution >= 0.6 is 0 Å². The van der Waals surface area contributed by atoms with Crippen LogP contribution in [0.2, 0.25) is 0 Å². The Morgan fingerprint density at radius 1 is 1.37 bits per heavy atom. The number of hydrogen-bond acceptors (Lipinski definition) is 3. The van der Waals surface area contributed by atoms with Crippen molar-refractivity contribution in [1.82, 2.24) is 10.3 Å². The molecule has 0 bridgehead atoms. The van der Waals surface area contributed by atoms with Crippen molar-refractivity contribution >= 4 is 0 Å². The highest BCUT2D eigenvalue weighted by molar-refractivity contribution is 5.40. The Hall–Kier alpha value is -1.87. The predicted octanol–water partition coefficient (Wildman–Crippen LogP) is 3.13. The average Bonchev–Trinajstić information content (AvgIpc) is 2.82. The van der Waals surface area contributed by atoms with Gasteiger partial charge in [0.05, 0.1) is 0 Å². The minimum Gasteiger partial charge on any atom is -0.508 e. The van der Waals surface area contributed by atoms with Crippen LogP contribution in [0.3, 0.4) is 0 Å². The fourth-order valence-electron chi connectivity index (χ4n) is 2.81. The van der Waals surface area contributed by atoms with Gasteiger partial charge in [-0.15, -0.1) is 0 Å². The van der Waals surface area contributed by atoms with E-state index in [0.717, 1.165) is 12.8 Å². The quantitative estimate of drug-likeness (QED) is 0.884. The van der Waals surface area contributed by atoms with Gasteiger partial charge in [-0.05, 0) is 54.7 Å². The Labute approximate surface area is 113 Å². The summed E-state index contributed by atoms with van der Waals surface area (Å²) < 4.78 is 0. The van der Waals surface area contributed by atoms with E-state index in [0.29, 0.717) is 11.8 Å². The number of aromatic hydroxyl groups is 1. The highest BCUT2D eigenvalue weighted by atomic mass is 16.3. The van der Waals surface area contributed by atoms with E-state index in [-0.39, 0.29) is 6.04 Å². The van der Waals surface area contributed by atoms with E-state index in [2.05, 4.69) is 23.3 Å². The molecule has 0 amide bonds. The molecule has 0 aliphatic heterocycles. The largest absolute Gasteiger partial charge is 0.508 e. The molecule has 2 aromatic rings. The predicted molar refractivity (Wildman–Crippen MR) is 75.0 cm³/mol. The molecule has 98 valence electrons. The minimum atomic E-state index is 0.276. The third-order valence-corrected chi connectivity index (χ3v) is 3.84. The van der Waals surface area contributed by atoms with Gasteiger partial charge in [-0.25, -0.2) is 0 Å². The number of benzene rings is 1. The van der Waals surface area contributed by atoms with Crippen molar-refractivity contribution in [1.29, 1.82) is 0 Å². The zero-order chi connectivity index (χ0) is 13.2. The molecule has 1 aromatic heterocycles. The smallest absolute Gasteiger partial charge is 0.115 e. The monoisotopic (exact) mass is 254 g/mol. The van der Waals surface area contributed by atoms with Crippen molar-refractivity contribution in [3.63, 3.8) is 0 Å². The van der Waals surface area contributed by atoms with E-state index >= 15 is 0 Å². The highest BCUT2D eigenvalue weighted by Crippen LogP contribution is 2.34. The van der Waals surface area contributed by atoms with Crippen molar-refractivity contribution in [3.05, 3.63) is 59.4 Å². The van der Waals surface area contributed by atoms with Gasteiger partial charge in [0.15, 0.2) is 0 Å². The standard InChI is InChI=1S/C16H18N2O/c1-11(13-3-2-8-17-10-13)18-16-7-4-12-9-14(19)5-6-15(12)16/h2-3,5-6,8-11,16,18-19H,4,7H2,1H3. The molecule has 0 saturated carbocycles. The van der Waals surface area contributed by atoms with Gasteiger partial charge < -0.3 is 10.4 Å². The van der Waals surface area contributed by atoms with Crippen LogP contribution in [0.15, 0.2) is 42.7 Å². The first kappa shape index (κ1) is 12.2. The van der Waals surface area contributed by atoms with Crippen LogP contribution in [0.1, 0.15) is 42.1 Å². The van der Waals surface area contributed by atoms with Gasteiger partial charge in [0, 0.05) is 24.5 Å². The van der Waals surface area contributed by atoms with Gasteiger partial charge in [0.1, 0.15) is 5.75 Å². The minimum absolute atomic E-state index is 0.276. The Balaban J connectivity index is 1.76. The van der Waals surface area contributed by atoms with Gasteiger partial charge >= 0.3 is 0 Å². The molecule has 0 fully saturated rings. The maximum absolute atomic E-state index is 9.51. The number of pyridine rings is 1. The van der Waals surface area contributed by atoms with Crippen LogP contribution in [0.25, 0.3) is 0 Å². The van der Waals surface area contributed by atoms with Crippen molar-refractivity contribution in [3.8, 4) is 5.75 Å². The van der Waals surface area contributed by atoms with Crippen molar-refractivity contribution in [2.45, 2.75) is 31.8 Å². The molecule has 3 nitrogen and oxygen atoms in total. The summed E-state index contributed by atoms with van der Waals surface area (Å²) in [5.41, 5.74) is 3.78. The zero-order valence-electron chi connectivity index (χ0n) is 11.0. The molecule has 2 N–H and O–H groups in total. The molecule has 3 rings (SSSR count). The van der Waals surface area contributed by atoms with Crippen molar-refractivity contribution < 1.29 is 5.11 Å². The summed E-state index contributed by atoms with van der Waals surface area (Å²) in [6.45, 7) is 2.16. The molecular formula is C16H18N2O. The SMILES string of the molecule is CC(NC1CCc2cc(O)ccc21)c1cccnc1. The van der Waals surface area contributed by atoms with Crippen LogP contribution in [0, 0.1) is 0 Å². The number of phenolic OH excluding ortho intramolecular Hbond substituents is 1. The summed E-state index contributed by atoms with van der Waals surface area (Å²) in [4.78, 5) is 4.16. The molecule has 1 heterocycles. The van der Waals surface area contributed by atoms with Crippen LogP contribution in [-0.2, 0) is 6.42 Å². The fourth-order valence-corrected chi connectivity index (χ4v) is 2.81. The van der Waals surface area contributed by atoms with E-state index in [4.69, 9.17) is 0 Å². The lowest BCUT2D eigenvalue weighted by atomic mass is 10.1. The van der Waals surface area contributed by atoms with Gasteiger partial charge in [0.2, 0.25) is 0 Å². The highest BCUT2D eigenvalue weighted by Gasteiger charge is 2.24. The van der Waals surface area contributed by atoms with Gasteiger partial charge in [-0.3, -0.25) is 4.98 Å². The molecular weight excluding hydrogens is 236 g/mol. The molecule has 2 atom stereocenters. The lowest BCUT2D eigenvalue weighted by Gasteiger charge is -2.20. The number of rotatable bonds is 3. The Kier molecular flexibility index (Phi) is 3.22. The molecule has 2 unspecified atom stereocenters. The second-order valence-corrected chi connectivity index (χ2v) is 5.15. The summed E-state index contributed by atoms with van der Waals surface area (Å²) in [5.74, 6) is 0.361. The number of phenols is 1. The first-order valence-electron chi connectivity index (χ1n) is 6.72. The summed E-state index contributed by atoms with van der Waals surface area (Å²) in [7, 11) is 0. The molecule has 0 radical (unpaired) electrons. The maximum Gasteiger partial charge on any atom is 0.115 e. The number of nitrogens with one attached hydrogen (secondary N) is 1. The first-order valence-corrected chi connectivity index (χ1v) is 6.72. The van der Waals surface area contributed by atoms with Crippen molar-refractivity contribution in [2.24, 2.45) is 0 Å². The first-order chi connectivity index (χ1) is 9.24. The van der Waals surface area contributed by atoms with E-state index in [1.54, 1.807) is 12.3 Å². The van der Waals surface area contributed by atoms with Crippen LogP contribution in [0.4, 0.5) is 0 Å². The summed E-state index contributed by atoms with van der Waals surface area (Å²) in [5, 5.41) is 13.2. The molecule has 0 spiro atoms. The lowest BCUT2D eigenvalue weighted by Crippen LogP contribution is -2.23. The van der Waals surface area contributed by atoms with E-state index in [9.17, 15) is 5.11 Å². The van der Waals surface area contributed by atoms with E-state index in [1.807, 2.05) is 24.4 Å². The van der Waals surface area contributed by atoms with Gasteiger partial charge in [0.25, 0.3) is 0 Å². The third-order valence-electron chi connectivity index (χ3n) is 3.84. The van der Waals surface area contributed by atoms with E-state index < -0.39 is 0 Å². The Morgan fingerprint density at radius 2 is 2.26 bits per heavy atom. The normalized spacial score (nSPS) is 19.1. The number of aryl methyl sites for hydroxylation is 1. The van der Waals surface area contributed by atoms with E-state index in [1.165, 1.54) is 16.7 Å². The average molecular weight is 254 g/mol. The van der Waals surface area contributed by atoms with Crippen LogP contribution in [-0.4, -0.2) is 10.1 Å². The Morgan fingerprint density at radius 3 is 3.05 bits per heavy atom. The fraction of sp³-hybridized carbons (Fsp3) is 0.312. The number of fused-ring (bicyclic) bond motifs is 1. The summed E-state index contributed by atoms with van der Waals surface area (Å²) in [6.07, 6.45) is 5.82. The zero-order valence-corrected chi connectivity index (χ0v) is 11.0. The molecule has 1 aliphatic rings. The van der Waals surface area contributed by atoms with Gasteiger partial charge in [-0.1, -0.05) is 12.1 Å². The number of aromatic nitrogens is 1. The van der Waals surface area contributed by atoms with Crippen LogP contribution in [0.5, 0.6) is 5.75 Å². The molecule has 3 heteroatoms. The van der Waals surface area contributed by atoms with Crippen molar-refractivity contribution in [2.75, 3.05) is 0 Å². The number of hydrogen-bond donors (Lipinski definition) is 2. The van der Waals surface area contributed by atoms with Gasteiger partial charge in [-0.2, -0.15) is 0 Å². The van der Waals surface area contributed by atoms with Crippen LogP contribution < -0.4 is 5.32 Å². The third kappa shape index (κ3) is 2.47. The molecule has 1 aromatic carbocycles. The maximum atomic E-state index is 9.51. The Bertz CT molecular complexity index is 568. The molecule has 19 heavy (non-hydrogen) atoms. The molecule has 1 aliphatic carbocycles. The second-order valence-electron chi connectivity index (χ2n) is 5.15. The summed E-state index contributed by atoms with van der Waals surface area (Å²) in [6, 6.07) is 10.4. The lowest BCUT2D eigenvalue weighted by molar-refractivity contribution is 0.463. The topological polar surface area (TPSA) is 45.1 Å². The molecule has 0 saturated heterocycles. The second kappa shape index (κ2) is 5.02. The summed E-state index contributed by atoms with van der Waals surface area (Å²) >= 11 is 0. The number of nitrogens with zero attached hydrogens (tertiary/aromatic N) is 1.